The standard InChI is InChI=1S/C71H130O6/c1-4-7-10-13-16-19-22-25-27-29-31-33-35-36-37-39-40-42-44-46-49-52-55-58-61-64-70(73)76-67-68(66-75-69(72)63-60-57-54-51-48-24-21-18-15-12-9-6-3)77-71(74)65-62-59-56-53-50-47-45-43-41-38-34-32-30-28-26-23-20-17-14-11-8-5-2/h18,21-22,25,29,31,35-36,68H,4-17,19-20,23-24,26-28,30,32-34,37-67H2,1-3H3/b21-18-,25-22-,31-29-,36-35-. The van der Waals surface area contributed by atoms with Crippen molar-refractivity contribution in [2.45, 2.75) is 374 Å². The van der Waals surface area contributed by atoms with Crippen LogP contribution in [-0.2, 0) is 28.6 Å². The van der Waals surface area contributed by atoms with Crippen molar-refractivity contribution in [2.24, 2.45) is 0 Å². The lowest BCUT2D eigenvalue weighted by Gasteiger charge is -2.18. The molecule has 0 aromatic carbocycles. The normalized spacial score (nSPS) is 12.3. The third-order valence-corrected chi connectivity index (χ3v) is 15.3. The highest BCUT2D eigenvalue weighted by molar-refractivity contribution is 5.71. The number of hydrogen-bond donors (Lipinski definition) is 0. The molecule has 6 heteroatoms. The lowest BCUT2D eigenvalue weighted by atomic mass is 10.0. The second-order valence-corrected chi connectivity index (χ2v) is 23.1. The van der Waals surface area contributed by atoms with Crippen LogP contribution in [-0.4, -0.2) is 37.2 Å². The molecule has 0 radical (unpaired) electrons. The highest BCUT2D eigenvalue weighted by Gasteiger charge is 2.19. The molecule has 0 fully saturated rings. The van der Waals surface area contributed by atoms with Gasteiger partial charge < -0.3 is 14.2 Å². The number of rotatable bonds is 63. The van der Waals surface area contributed by atoms with Gasteiger partial charge in [-0.1, -0.05) is 313 Å². The third kappa shape index (κ3) is 64.1. The number of ether oxygens (including phenoxy) is 3. The zero-order valence-electron chi connectivity index (χ0n) is 51.7. The first-order valence-electron chi connectivity index (χ1n) is 34.1. The molecule has 0 saturated heterocycles. The second kappa shape index (κ2) is 65.9. The van der Waals surface area contributed by atoms with E-state index in [-0.39, 0.29) is 31.1 Å². The van der Waals surface area contributed by atoms with Gasteiger partial charge in [0.1, 0.15) is 13.2 Å². The van der Waals surface area contributed by atoms with Crippen LogP contribution in [0.15, 0.2) is 48.6 Å². The molecule has 0 N–H and O–H groups in total. The molecule has 0 saturated carbocycles. The van der Waals surface area contributed by atoms with E-state index in [0.717, 1.165) is 77.0 Å². The summed E-state index contributed by atoms with van der Waals surface area (Å²) >= 11 is 0. The molecular weight excluding hydrogens is 949 g/mol. The summed E-state index contributed by atoms with van der Waals surface area (Å²) in [5.41, 5.74) is 0. The minimum Gasteiger partial charge on any atom is -0.462 e. The van der Waals surface area contributed by atoms with Gasteiger partial charge in [-0.3, -0.25) is 14.4 Å². The number of hydrogen-bond acceptors (Lipinski definition) is 6. The average molecular weight is 1080 g/mol. The topological polar surface area (TPSA) is 78.9 Å². The van der Waals surface area contributed by atoms with Crippen molar-refractivity contribution in [3.05, 3.63) is 48.6 Å². The van der Waals surface area contributed by atoms with E-state index in [2.05, 4.69) is 69.4 Å². The molecule has 450 valence electrons. The van der Waals surface area contributed by atoms with Gasteiger partial charge >= 0.3 is 17.9 Å². The Kier molecular flexibility index (Phi) is 63.6. The van der Waals surface area contributed by atoms with Crippen LogP contribution in [0.3, 0.4) is 0 Å². The molecule has 1 unspecified atom stereocenters. The van der Waals surface area contributed by atoms with Gasteiger partial charge in [-0.25, -0.2) is 0 Å². The van der Waals surface area contributed by atoms with E-state index in [9.17, 15) is 14.4 Å². The van der Waals surface area contributed by atoms with Crippen molar-refractivity contribution in [2.75, 3.05) is 13.2 Å². The molecule has 0 aliphatic heterocycles. The van der Waals surface area contributed by atoms with Crippen LogP contribution in [0.2, 0.25) is 0 Å². The van der Waals surface area contributed by atoms with Crippen LogP contribution in [0.1, 0.15) is 367 Å². The lowest BCUT2D eigenvalue weighted by molar-refractivity contribution is -0.167. The molecule has 1 atom stereocenters. The van der Waals surface area contributed by atoms with Gasteiger partial charge in [0, 0.05) is 19.3 Å². The van der Waals surface area contributed by atoms with Gasteiger partial charge in [0.2, 0.25) is 0 Å². The maximum atomic E-state index is 12.9. The fourth-order valence-electron chi connectivity index (χ4n) is 10.2. The number of esters is 3. The van der Waals surface area contributed by atoms with E-state index >= 15 is 0 Å². The van der Waals surface area contributed by atoms with Crippen LogP contribution >= 0.6 is 0 Å². The van der Waals surface area contributed by atoms with E-state index in [1.165, 1.54) is 250 Å². The molecule has 0 aromatic heterocycles. The summed E-state index contributed by atoms with van der Waals surface area (Å²) in [5, 5.41) is 0. The van der Waals surface area contributed by atoms with Crippen molar-refractivity contribution >= 4 is 17.9 Å². The SMILES string of the molecule is CCCCC/C=C\CCCCCCCC(=O)OCC(COC(=O)CCCCCCCCCCCC/C=C\C/C=C\C/C=C\CCCCCCC)OC(=O)CCCCCCCCCCCCCCCCCCCCCCCC. The van der Waals surface area contributed by atoms with Crippen molar-refractivity contribution in [1.29, 1.82) is 0 Å². The first kappa shape index (κ1) is 74.4. The Morgan fingerprint density at radius 2 is 0.468 bits per heavy atom. The van der Waals surface area contributed by atoms with Gasteiger partial charge in [-0.2, -0.15) is 0 Å². The minimum absolute atomic E-state index is 0.0741. The minimum atomic E-state index is -0.777. The Morgan fingerprint density at radius 1 is 0.260 bits per heavy atom. The lowest BCUT2D eigenvalue weighted by Crippen LogP contribution is -2.30. The van der Waals surface area contributed by atoms with Crippen LogP contribution in [0.25, 0.3) is 0 Å². The summed E-state index contributed by atoms with van der Waals surface area (Å²) < 4.78 is 17.0. The summed E-state index contributed by atoms with van der Waals surface area (Å²) in [7, 11) is 0. The molecule has 0 bridgehead atoms. The maximum Gasteiger partial charge on any atom is 0.306 e. The predicted octanol–water partition coefficient (Wildman–Crippen LogP) is 23.3. The zero-order valence-corrected chi connectivity index (χ0v) is 51.7. The molecule has 0 aliphatic rings. The van der Waals surface area contributed by atoms with Crippen LogP contribution in [0.4, 0.5) is 0 Å². The summed E-state index contributed by atoms with van der Waals surface area (Å²) in [6.07, 6.45) is 82.7. The number of carbonyl (C=O) groups excluding carboxylic acids is 3. The molecular formula is C71H130O6. The molecule has 0 amide bonds. The molecule has 0 rings (SSSR count). The van der Waals surface area contributed by atoms with E-state index in [4.69, 9.17) is 14.2 Å². The summed E-state index contributed by atoms with van der Waals surface area (Å²) in [6.45, 7) is 6.66. The van der Waals surface area contributed by atoms with Gasteiger partial charge in [0.15, 0.2) is 6.10 Å². The Labute approximate surface area is 479 Å². The van der Waals surface area contributed by atoms with Crippen LogP contribution in [0.5, 0.6) is 0 Å². The maximum absolute atomic E-state index is 12.9. The van der Waals surface area contributed by atoms with Gasteiger partial charge in [-0.05, 0) is 83.5 Å². The monoisotopic (exact) mass is 1080 g/mol. The summed E-state index contributed by atoms with van der Waals surface area (Å²) in [6, 6.07) is 0. The first-order valence-corrected chi connectivity index (χ1v) is 34.1. The highest BCUT2D eigenvalue weighted by Crippen LogP contribution is 2.18. The van der Waals surface area contributed by atoms with E-state index in [0.29, 0.717) is 19.3 Å². The number of carbonyl (C=O) groups is 3. The van der Waals surface area contributed by atoms with Gasteiger partial charge in [0.25, 0.3) is 0 Å². The zero-order chi connectivity index (χ0) is 55.7. The smallest absolute Gasteiger partial charge is 0.306 e. The largest absolute Gasteiger partial charge is 0.462 e. The van der Waals surface area contributed by atoms with Crippen LogP contribution in [0, 0.1) is 0 Å². The number of unbranched alkanes of at least 4 members (excludes halogenated alkanes) is 44. The van der Waals surface area contributed by atoms with Crippen molar-refractivity contribution in [3.8, 4) is 0 Å². The van der Waals surface area contributed by atoms with Crippen molar-refractivity contribution < 1.29 is 28.6 Å². The fraction of sp³-hybridized carbons (Fsp3) is 0.845. The highest BCUT2D eigenvalue weighted by atomic mass is 16.6. The van der Waals surface area contributed by atoms with E-state index < -0.39 is 6.10 Å². The van der Waals surface area contributed by atoms with Crippen molar-refractivity contribution in [3.63, 3.8) is 0 Å². The van der Waals surface area contributed by atoms with Gasteiger partial charge in [-0.15, -0.1) is 0 Å². The molecule has 77 heavy (non-hydrogen) atoms. The van der Waals surface area contributed by atoms with Crippen molar-refractivity contribution in [1.82, 2.24) is 0 Å². The quantitative estimate of drug-likeness (QED) is 0.0261. The molecule has 0 heterocycles. The molecule has 0 aliphatic carbocycles. The van der Waals surface area contributed by atoms with E-state index in [1.807, 2.05) is 0 Å². The second-order valence-electron chi connectivity index (χ2n) is 23.1. The molecule has 6 nitrogen and oxygen atoms in total. The Bertz CT molecular complexity index is 1330. The number of allylic oxidation sites excluding steroid dienone is 8. The van der Waals surface area contributed by atoms with Gasteiger partial charge in [0.05, 0.1) is 0 Å². The third-order valence-electron chi connectivity index (χ3n) is 15.3. The van der Waals surface area contributed by atoms with Crippen LogP contribution < -0.4 is 0 Å². The Morgan fingerprint density at radius 3 is 0.766 bits per heavy atom. The van der Waals surface area contributed by atoms with E-state index in [1.54, 1.807) is 0 Å². The fourth-order valence-corrected chi connectivity index (χ4v) is 10.2. The predicted molar refractivity (Wildman–Crippen MR) is 335 cm³/mol. The summed E-state index contributed by atoms with van der Waals surface area (Å²) in [4.78, 5) is 38.3. The Hall–Kier alpha value is -2.63. The average Bonchev–Trinajstić information content (AvgIpc) is 3.43. The first-order chi connectivity index (χ1) is 38.0. The Balaban J connectivity index is 4.25. The molecule has 0 spiro atoms. The molecule has 0 aromatic rings. The summed E-state index contributed by atoms with van der Waals surface area (Å²) in [5.74, 6) is -0.863.